The molecule has 0 aromatic carbocycles. The van der Waals surface area contributed by atoms with Crippen molar-refractivity contribution >= 4 is 39.4 Å². The van der Waals surface area contributed by atoms with Crippen molar-refractivity contribution in [3.63, 3.8) is 0 Å². The zero-order chi connectivity index (χ0) is 31.0. The van der Waals surface area contributed by atoms with Crippen LogP contribution < -0.4 is 16.0 Å². The summed E-state index contributed by atoms with van der Waals surface area (Å²) in [6, 6.07) is -3.46. The molecule has 0 aromatic rings. The molecule has 5 atom stereocenters. The van der Waals surface area contributed by atoms with Crippen LogP contribution in [0, 0.1) is 17.3 Å². The number of hydrogen-bond donors (Lipinski definition) is 3. The third-order valence-corrected chi connectivity index (χ3v) is 10.6. The van der Waals surface area contributed by atoms with Crippen molar-refractivity contribution in [3.8, 4) is 0 Å². The lowest BCUT2D eigenvalue weighted by Crippen LogP contribution is -2.59. The van der Waals surface area contributed by atoms with Gasteiger partial charge in [0.2, 0.25) is 17.6 Å². The van der Waals surface area contributed by atoms with E-state index in [1.165, 1.54) is 4.90 Å². The van der Waals surface area contributed by atoms with Crippen molar-refractivity contribution in [2.24, 2.45) is 17.3 Å². The smallest absolute Gasteiger partial charge is 0.408 e. The molecule has 0 spiro atoms. The van der Waals surface area contributed by atoms with Gasteiger partial charge in [0.05, 0.1) is 17.5 Å². The topological polar surface area (TPSA) is 168 Å². The summed E-state index contributed by atoms with van der Waals surface area (Å²) in [5, 5.41) is 7.95. The molecule has 12 nitrogen and oxygen atoms in total. The number of fused-ring (bicyclic) bond motifs is 3. The lowest BCUT2D eigenvalue weighted by molar-refractivity contribution is -0.144. The number of piperidine rings is 1. The predicted molar refractivity (Wildman–Crippen MR) is 154 cm³/mol. The number of rotatable bonds is 4. The van der Waals surface area contributed by atoms with Crippen LogP contribution in [0.5, 0.6) is 0 Å². The van der Waals surface area contributed by atoms with Crippen LogP contribution in [0.2, 0.25) is 0 Å². The van der Waals surface area contributed by atoms with Crippen LogP contribution in [-0.4, -0.2) is 90.7 Å². The Hall–Kier alpha value is -2.70. The molecule has 4 aliphatic rings. The second-order valence-electron chi connectivity index (χ2n) is 13.9. The normalized spacial score (nSPS) is 31.6. The molecule has 2 aliphatic heterocycles. The number of nitrogens with zero attached hydrogens (tertiary/aromatic N) is 1. The maximum Gasteiger partial charge on any atom is 0.408 e. The van der Waals surface area contributed by atoms with Gasteiger partial charge in [0.1, 0.15) is 17.7 Å². The van der Waals surface area contributed by atoms with E-state index in [0.717, 1.165) is 12.8 Å². The van der Waals surface area contributed by atoms with Crippen molar-refractivity contribution in [3.05, 3.63) is 0 Å². The highest BCUT2D eigenvalue weighted by atomic mass is 32.2. The van der Waals surface area contributed by atoms with E-state index in [9.17, 15) is 32.4 Å². The molecule has 4 amide bonds. The minimum Gasteiger partial charge on any atom is -0.444 e. The first-order chi connectivity index (χ1) is 19.5. The Morgan fingerprint density at radius 2 is 1.62 bits per heavy atom. The average molecular weight is 611 g/mol. The maximum absolute atomic E-state index is 14.0. The maximum atomic E-state index is 14.0. The number of Topliss-reactive ketones (excluding diaryl/α,β-unsaturated/α-hetero) is 1. The lowest BCUT2D eigenvalue weighted by Gasteiger charge is -2.34. The number of alkyl carbamates (subject to hydrolysis) is 1. The van der Waals surface area contributed by atoms with Crippen LogP contribution in [0.4, 0.5) is 4.79 Å². The summed E-state index contributed by atoms with van der Waals surface area (Å²) in [6.07, 6.45) is 3.99. The predicted octanol–water partition coefficient (Wildman–Crippen LogP) is 1.46. The molecule has 4 rings (SSSR count). The molecule has 13 heteroatoms. The van der Waals surface area contributed by atoms with Crippen molar-refractivity contribution in [1.82, 2.24) is 20.9 Å². The molecule has 0 radical (unpaired) electrons. The van der Waals surface area contributed by atoms with Gasteiger partial charge in [-0.1, -0.05) is 39.5 Å². The second-order valence-corrected chi connectivity index (χ2v) is 16.2. The van der Waals surface area contributed by atoms with Gasteiger partial charge < -0.3 is 25.6 Å². The average Bonchev–Trinajstić information content (AvgIpc) is 3.71. The molecule has 42 heavy (non-hydrogen) atoms. The Kier molecular flexibility index (Phi) is 9.30. The molecule has 2 saturated carbocycles. The van der Waals surface area contributed by atoms with Gasteiger partial charge in [-0.25, -0.2) is 13.2 Å². The van der Waals surface area contributed by atoms with Crippen molar-refractivity contribution in [1.29, 1.82) is 0 Å². The van der Waals surface area contributed by atoms with Crippen LogP contribution in [0.3, 0.4) is 0 Å². The zero-order valence-corrected chi connectivity index (χ0v) is 26.2. The summed E-state index contributed by atoms with van der Waals surface area (Å²) < 4.78 is 31.4. The Morgan fingerprint density at radius 1 is 0.976 bits per heavy atom. The number of carbonyl (C=O) groups is 5. The summed E-state index contributed by atoms with van der Waals surface area (Å²) in [5.41, 5.74) is -1.12. The highest BCUT2D eigenvalue weighted by molar-refractivity contribution is 7.91. The van der Waals surface area contributed by atoms with E-state index in [1.54, 1.807) is 20.8 Å². The van der Waals surface area contributed by atoms with Crippen LogP contribution >= 0.6 is 0 Å². The largest absolute Gasteiger partial charge is 0.444 e. The van der Waals surface area contributed by atoms with Gasteiger partial charge in [0.15, 0.2) is 9.84 Å². The zero-order valence-electron chi connectivity index (χ0n) is 25.4. The van der Waals surface area contributed by atoms with E-state index in [2.05, 4.69) is 16.0 Å². The molecule has 3 N–H and O–H groups in total. The number of carbonyl (C=O) groups excluding carboxylic acids is 5. The van der Waals surface area contributed by atoms with Crippen LogP contribution in [-0.2, 0) is 33.8 Å². The fraction of sp³-hybridized carbons (Fsp3) is 0.828. The standard InChI is InChI=1S/C29H46N4O8S/c1-28(2,3)41-27(38)32-20-16-42(39,40)14-10-8-6-7-9-11-19(23(34)25(36)30-17-12-13-17)31-24(35)22-21-18(29(21,4)5)15-33(22)26(20)37/h17-22H,6-16H2,1-5H3,(H,30,36)(H,31,35)(H,32,38)/t18-,19-,20-,21-,22-/m0/s1. The van der Waals surface area contributed by atoms with Gasteiger partial charge in [-0.15, -0.1) is 0 Å². The third-order valence-electron chi connectivity index (χ3n) is 8.89. The first-order valence-corrected chi connectivity index (χ1v) is 17.0. The molecule has 236 valence electrons. The van der Waals surface area contributed by atoms with Crippen molar-refractivity contribution in [2.75, 3.05) is 18.1 Å². The number of ether oxygens (including phenoxy) is 1. The summed E-state index contributed by atoms with van der Waals surface area (Å²) >= 11 is 0. The van der Waals surface area contributed by atoms with Crippen molar-refractivity contribution in [2.45, 2.75) is 116 Å². The van der Waals surface area contributed by atoms with Gasteiger partial charge in [0.25, 0.3) is 5.91 Å². The van der Waals surface area contributed by atoms with E-state index >= 15 is 0 Å². The molecular formula is C29H46N4O8S. The highest BCUT2D eigenvalue weighted by Gasteiger charge is 2.69. The molecule has 2 aliphatic carbocycles. The molecule has 4 fully saturated rings. The van der Waals surface area contributed by atoms with E-state index in [-0.39, 0.29) is 42.0 Å². The highest BCUT2D eigenvalue weighted by Crippen LogP contribution is 2.64. The number of nitrogens with one attached hydrogen (secondary N) is 3. The number of ketones is 1. The van der Waals surface area contributed by atoms with Gasteiger partial charge in [0, 0.05) is 12.6 Å². The summed E-state index contributed by atoms with van der Waals surface area (Å²) in [7, 11) is -3.73. The van der Waals surface area contributed by atoms with Gasteiger partial charge in [-0.2, -0.15) is 0 Å². The first-order valence-electron chi connectivity index (χ1n) is 15.2. The van der Waals surface area contributed by atoms with E-state index in [4.69, 9.17) is 4.74 Å². The Labute approximate surface area is 248 Å². The summed E-state index contributed by atoms with van der Waals surface area (Å²) in [4.78, 5) is 67.6. The number of amides is 4. The number of hydrogen-bond acceptors (Lipinski definition) is 8. The van der Waals surface area contributed by atoms with E-state index < -0.39 is 68.9 Å². The van der Waals surface area contributed by atoms with E-state index in [1.807, 2.05) is 13.8 Å². The third kappa shape index (κ3) is 7.82. The summed E-state index contributed by atoms with van der Waals surface area (Å²) in [5.74, 6) is -3.63. The minimum absolute atomic E-state index is 0.00890. The molecule has 0 bridgehead atoms. The Balaban J connectivity index is 1.62. The molecular weight excluding hydrogens is 564 g/mol. The molecule has 0 aromatic heterocycles. The van der Waals surface area contributed by atoms with Gasteiger partial charge >= 0.3 is 6.09 Å². The number of sulfone groups is 1. The minimum atomic E-state index is -3.73. The monoisotopic (exact) mass is 610 g/mol. The van der Waals surface area contributed by atoms with Crippen LogP contribution in [0.15, 0.2) is 0 Å². The van der Waals surface area contributed by atoms with Gasteiger partial charge in [-0.3, -0.25) is 19.2 Å². The quantitative estimate of drug-likeness (QED) is 0.402. The second kappa shape index (κ2) is 12.1. The van der Waals surface area contributed by atoms with Crippen molar-refractivity contribution < 1.29 is 37.1 Å². The SMILES string of the molecule is CC(C)(C)OC(=O)N[C@H]1CS(=O)(=O)CCCCCCC[C@@H](C(=O)C(=O)NC2CC2)NC(=O)[C@@H]2[C@@H]3[C@H](CN2C1=O)C3(C)C. The molecule has 2 heterocycles. The molecule has 0 unspecified atom stereocenters. The van der Waals surface area contributed by atoms with Crippen LogP contribution in [0.25, 0.3) is 0 Å². The first kappa shape index (κ1) is 32.2. The fourth-order valence-corrected chi connectivity index (χ4v) is 7.89. The van der Waals surface area contributed by atoms with E-state index in [0.29, 0.717) is 32.1 Å². The summed E-state index contributed by atoms with van der Waals surface area (Å²) in [6.45, 7) is 9.18. The Morgan fingerprint density at radius 3 is 2.26 bits per heavy atom. The lowest BCUT2D eigenvalue weighted by atomic mass is 9.98. The molecule has 2 saturated heterocycles. The fourth-order valence-electron chi connectivity index (χ4n) is 6.34. The van der Waals surface area contributed by atoms with Crippen LogP contribution in [0.1, 0.15) is 86.0 Å². The Bertz CT molecular complexity index is 1210. The van der Waals surface area contributed by atoms with Gasteiger partial charge in [-0.05, 0) is 63.7 Å².